The molecule has 0 atom stereocenters. The molecule has 2 amide bonds. The minimum absolute atomic E-state index is 0.190. The van der Waals surface area contributed by atoms with Crippen molar-refractivity contribution in [1.82, 2.24) is 4.90 Å². The molecule has 0 unspecified atom stereocenters. The van der Waals surface area contributed by atoms with Gasteiger partial charge in [0, 0.05) is 12.8 Å². The smallest absolute Gasteiger partial charge is 0.230 e. The molecule has 0 spiro atoms. The molecular weight excluding hydrogens is 286 g/mol. The molecule has 4 nitrogen and oxygen atoms in total. The van der Waals surface area contributed by atoms with Crippen LogP contribution in [0.3, 0.4) is 0 Å². The Bertz CT molecular complexity index is 530. The molecule has 0 radical (unpaired) electrons. The number of ketones is 1. The third-order valence-electron chi connectivity index (χ3n) is 3.01. The van der Waals surface area contributed by atoms with E-state index >= 15 is 0 Å². The Labute approximate surface area is 120 Å². The molecule has 2 heterocycles. The first-order valence-electron chi connectivity index (χ1n) is 5.90. The summed E-state index contributed by atoms with van der Waals surface area (Å²) in [6, 6.07) is 3.24. The highest BCUT2D eigenvalue weighted by atomic mass is 35.5. The van der Waals surface area contributed by atoms with E-state index in [2.05, 4.69) is 0 Å². The molecule has 0 aromatic carbocycles. The molecule has 6 heteroatoms. The quantitative estimate of drug-likeness (QED) is 0.637. The first-order valence-corrected chi connectivity index (χ1v) is 7.10. The molecule has 2 rings (SSSR count). The largest absolute Gasteiger partial charge is 0.291 e. The van der Waals surface area contributed by atoms with Gasteiger partial charge in [0.15, 0.2) is 5.78 Å². The van der Waals surface area contributed by atoms with E-state index in [1.807, 2.05) is 13.8 Å². The average molecular weight is 300 g/mol. The maximum Gasteiger partial charge on any atom is 0.230 e. The van der Waals surface area contributed by atoms with Crippen molar-refractivity contribution in [3.63, 3.8) is 0 Å². The van der Waals surface area contributed by atoms with Crippen molar-refractivity contribution in [1.29, 1.82) is 0 Å². The van der Waals surface area contributed by atoms with E-state index in [1.165, 1.54) is 0 Å². The Morgan fingerprint density at radius 3 is 2.37 bits per heavy atom. The fourth-order valence-corrected chi connectivity index (χ4v) is 3.05. The number of thiophene rings is 1. The van der Waals surface area contributed by atoms with Gasteiger partial charge in [-0.1, -0.05) is 25.4 Å². The van der Waals surface area contributed by atoms with Crippen LogP contribution in [0.25, 0.3) is 0 Å². The number of amides is 2. The van der Waals surface area contributed by atoms with E-state index in [-0.39, 0.29) is 42.4 Å². The molecule has 102 valence electrons. The zero-order valence-corrected chi connectivity index (χ0v) is 12.3. The Morgan fingerprint density at radius 2 is 1.89 bits per heavy atom. The number of halogens is 1. The van der Waals surface area contributed by atoms with Gasteiger partial charge in [-0.3, -0.25) is 19.3 Å². The lowest BCUT2D eigenvalue weighted by Crippen LogP contribution is -2.48. The number of imide groups is 1. The molecule has 0 bridgehead atoms. The minimum Gasteiger partial charge on any atom is -0.291 e. The van der Waals surface area contributed by atoms with Crippen molar-refractivity contribution in [3.8, 4) is 0 Å². The number of nitrogens with zero attached hydrogens (tertiary/aromatic N) is 1. The molecule has 1 fully saturated rings. The third kappa shape index (κ3) is 3.22. The van der Waals surface area contributed by atoms with Gasteiger partial charge in [-0.25, -0.2) is 0 Å². The number of rotatable bonds is 3. The summed E-state index contributed by atoms with van der Waals surface area (Å²) in [5, 5.41) is 0. The average Bonchev–Trinajstić information content (AvgIpc) is 2.69. The fourth-order valence-electron chi connectivity index (χ4n) is 2.07. The topological polar surface area (TPSA) is 54.5 Å². The Morgan fingerprint density at radius 1 is 1.32 bits per heavy atom. The van der Waals surface area contributed by atoms with Crippen LogP contribution in [-0.4, -0.2) is 29.0 Å². The lowest BCUT2D eigenvalue weighted by Gasteiger charge is -2.34. The summed E-state index contributed by atoms with van der Waals surface area (Å²) in [5.74, 6) is -0.812. The Balaban J connectivity index is 2.09. The first-order chi connectivity index (χ1) is 8.78. The number of piperidine rings is 1. The van der Waals surface area contributed by atoms with Crippen molar-refractivity contribution in [2.24, 2.45) is 5.41 Å². The van der Waals surface area contributed by atoms with Crippen LogP contribution in [0, 0.1) is 5.41 Å². The van der Waals surface area contributed by atoms with Crippen molar-refractivity contribution in [2.75, 3.05) is 6.54 Å². The van der Waals surface area contributed by atoms with Gasteiger partial charge in [-0.2, -0.15) is 0 Å². The van der Waals surface area contributed by atoms with E-state index in [0.717, 1.165) is 16.2 Å². The normalized spacial score (nSPS) is 18.8. The summed E-state index contributed by atoms with van der Waals surface area (Å²) in [7, 11) is 0. The number of hydrogen-bond acceptors (Lipinski definition) is 4. The maximum absolute atomic E-state index is 12.0. The molecule has 1 aliphatic rings. The van der Waals surface area contributed by atoms with E-state index in [1.54, 1.807) is 12.1 Å². The van der Waals surface area contributed by atoms with Crippen LogP contribution in [0.4, 0.5) is 0 Å². The van der Waals surface area contributed by atoms with Crippen LogP contribution in [0.5, 0.6) is 0 Å². The molecule has 0 saturated carbocycles. The van der Waals surface area contributed by atoms with Crippen LogP contribution in [0.2, 0.25) is 4.34 Å². The fraction of sp³-hybridized carbons (Fsp3) is 0.462. The second-order valence-corrected chi connectivity index (χ2v) is 7.13. The van der Waals surface area contributed by atoms with Crippen molar-refractivity contribution >= 4 is 40.5 Å². The molecule has 1 aromatic rings. The highest BCUT2D eigenvalue weighted by molar-refractivity contribution is 7.18. The first kappa shape index (κ1) is 14.2. The monoisotopic (exact) mass is 299 g/mol. The zero-order chi connectivity index (χ0) is 14.2. The second kappa shape index (κ2) is 5.06. The molecule has 0 N–H and O–H groups in total. The van der Waals surface area contributed by atoms with E-state index in [0.29, 0.717) is 9.21 Å². The predicted octanol–water partition coefficient (Wildman–Crippen LogP) is 2.76. The summed E-state index contributed by atoms with van der Waals surface area (Å²) < 4.78 is 0.515. The number of carbonyl (C=O) groups is 3. The van der Waals surface area contributed by atoms with E-state index < -0.39 is 0 Å². The molecule has 1 saturated heterocycles. The summed E-state index contributed by atoms with van der Waals surface area (Å²) in [5.41, 5.74) is -0.319. The summed E-state index contributed by atoms with van der Waals surface area (Å²) in [4.78, 5) is 37.4. The van der Waals surface area contributed by atoms with E-state index in [4.69, 9.17) is 11.6 Å². The predicted molar refractivity (Wildman–Crippen MR) is 73.4 cm³/mol. The highest BCUT2D eigenvalue weighted by Crippen LogP contribution is 2.31. The van der Waals surface area contributed by atoms with E-state index in [9.17, 15) is 14.4 Å². The van der Waals surface area contributed by atoms with Gasteiger partial charge in [0.25, 0.3) is 0 Å². The second-order valence-electron chi connectivity index (χ2n) is 5.42. The van der Waals surface area contributed by atoms with Crippen molar-refractivity contribution in [2.45, 2.75) is 26.7 Å². The molecule has 19 heavy (non-hydrogen) atoms. The van der Waals surface area contributed by atoms with Gasteiger partial charge in [-0.15, -0.1) is 11.3 Å². The lowest BCUT2D eigenvalue weighted by atomic mass is 9.81. The van der Waals surface area contributed by atoms with Gasteiger partial charge in [0.2, 0.25) is 11.8 Å². The Hall–Kier alpha value is -1.20. The molecule has 0 aliphatic carbocycles. The van der Waals surface area contributed by atoms with Crippen molar-refractivity contribution in [3.05, 3.63) is 21.3 Å². The molecular formula is C13H14ClNO3S. The van der Waals surface area contributed by atoms with Crippen LogP contribution in [0.15, 0.2) is 12.1 Å². The van der Waals surface area contributed by atoms with Crippen LogP contribution in [0.1, 0.15) is 36.4 Å². The Kier molecular flexibility index (Phi) is 3.78. The van der Waals surface area contributed by atoms with Gasteiger partial charge in [0.1, 0.15) is 0 Å². The van der Waals surface area contributed by atoms with Gasteiger partial charge in [-0.05, 0) is 17.5 Å². The summed E-state index contributed by atoms with van der Waals surface area (Å²) >= 11 is 6.91. The third-order valence-corrected chi connectivity index (χ3v) is 4.28. The number of carbonyl (C=O) groups excluding carboxylic acids is 3. The zero-order valence-electron chi connectivity index (χ0n) is 10.7. The highest BCUT2D eigenvalue weighted by Gasteiger charge is 2.38. The maximum atomic E-state index is 12.0. The van der Waals surface area contributed by atoms with Crippen molar-refractivity contribution < 1.29 is 14.4 Å². The minimum atomic E-state index is -0.319. The summed E-state index contributed by atoms with van der Waals surface area (Å²) in [6.45, 7) is 3.56. The molecule has 1 aromatic heterocycles. The lowest BCUT2D eigenvalue weighted by molar-refractivity contribution is -0.151. The standard InChI is InChI=1S/C13H14ClNO3S/c1-13(2)5-11(17)15(12(18)6-13)7-8(16)9-3-4-10(14)19-9/h3-4H,5-7H2,1-2H3. The van der Waals surface area contributed by atoms with Crippen LogP contribution in [-0.2, 0) is 9.59 Å². The molecule has 1 aliphatic heterocycles. The summed E-state index contributed by atoms with van der Waals surface area (Å²) in [6.07, 6.45) is 0.578. The van der Waals surface area contributed by atoms with Crippen LogP contribution >= 0.6 is 22.9 Å². The van der Waals surface area contributed by atoms with Gasteiger partial charge in [0.05, 0.1) is 15.8 Å². The number of Topliss-reactive ketones (excluding diaryl/α,β-unsaturated/α-hetero) is 1. The SMILES string of the molecule is CC1(C)CC(=O)N(CC(=O)c2ccc(Cl)s2)C(=O)C1. The van der Waals surface area contributed by atoms with Crippen LogP contribution < -0.4 is 0 Å². The van der Waals surface area contributed by atoms with Gasteiger partial charge >= 0.3 is 0 Å². The number of hydrogen-bond donors (Lipinski definition) is 0. The number of likely N-dealkylation sites (tertiary alicyclic amines) is 1. The van der Waals surface area contributed by atoms with Gasteiger partial charge < -0.3 is 0 Å².